The molecule has 0 bridgehead atoms. The highest BCUT2D eigenvalue weighted by Gasteiger charge is 2.50. The lowest BCUT2D eigenvalue weighted by Gasteiger charge is -2.44. The first kappa shape index (κ1) is 17.5. The van der Waals surface area contributed by atoms with Gasteiger partial charge < -0.3 is 9.80 Å². The van der Waals surface area contributed by atoms with Crippen LogP contribution in [0, 0.1) is 12.3 Å². The fraction of sp³-hybridized carbons (Fsp3) is 0.789. The first-order valence-corrected chi connectivity index (χ1v) is 9.96. The highest BCUT2D eigenvalue weighted by Crippen LogP contribution is 2.42. The normalized spacial score (nSPS) is 27.5. The Hall–Kier alpha value is -1.92. The van der Waals surface area contributed by atoms with Crippen molar-refractivity contribution in [1.29, 1.82) is 0 Å². The number of aromatic nitrogens is 2. The van der Waals surface area contributed by atoms with Gasteiger partial charge >= 0.3 is 0 Å². The molecule has 26 heavy (non-hydrogen) atoms. The van der Waals surface area contributed by atoms with Crippen LogP contribution in [0.3, 0.4) is 0 Å². The first-order chi connectivity index (χ1) is 12.6. The van der Waals surface area contributed by atoms with Gasteiger partial charge in [-0.25, -0.2) is 4.63 Å². The Kier molecular flexibility index (Phi) is 4.71. The Morgan fingerprint density at radius 1 is 1.15 bits per heavy atom. The fourth-order valence-corrected chi connectivity index (χ4v) is 4.97. The van der Waals surface area contributed by atoms with Crippen LogP contribution < -0.4 is 0 Å². The van der Waals surface area contributed by atoms with Gasteiger partial charge in [-0.1, -0.05) is 29.6 Å². The van der Waals surface area contributed by atoms with Crippen LogP contribution in [-0.4, -0.2) is 57.6 Å². The SMILES string of the molecule is Cc1nonc1CC(=O)N1CC[C@@]2(CCCN(C3CCCCC3)C2=O)C1. The monoisotopic (exact) mass is 360 g/mol. The molecule has 1 aliphatic carbocycles. The van der Waals surface area contributed by atoms with Crippen molar-refractivity contribution in [3.63, 3.8) is 0 Å². The molecule has 1 aromatic heterocycles. The van der Waals surface area contributed by atoms with Crippen molar-refractivity contribution in [2.75, 3.05) is 19.6 Å². The van der Waals surface area contributed by atoms with Crippen LogP contribution in [0.25, 0.3) is 0 Å². The summed E-state index contributed by atoms with van der Waals surface area (Å²) in [5, 5.41) is 7.55. The summed E-state index contributed by atoms with van der Waals surface area (Å²) >= 11 is 0. The highest BCUT2D eigenvalue weighted by atomic mass is 16.6. The highest BCUT2D eigenvalue weighted by molar-refractivity contribution is 5.86. The first-order valence-electron chi connectivity index (χ1n) is 9.96. The van der Waals surface area contributed by atoms with Gasteiger partial charge in [-0.05, 0) is 39.0 Å². The summed E-state index contributed by atoms with van der Waals surface area (Å²) in [7, 11) is 0. The average molecular weight is 360 g/mol. The number of rotatable bonds is 3. The van der Waals surface area contributed by atoms with E-state index >= 15 is 0 Å². The molecule has 7 nitrogen and oxygen atoms in total. The molecule has 3 fully saturated rings. The standard InChI is InChI=1S/C19H28N4O3/c1-14-16(21-26-20-14)12-17(24)22-11-9-19(13-22)8-5-10-23(18(19)25)15-6-3-2-4-7-15/h15H,2-13H2,1H3/t19-/m0/s1. The van der Waals surface area contributed by atoms with Crippen molar-refractivity contribution in [3.8, 4) is 0 Å². The van der Waals surface area contributed by atoms with Crippen molar-refractivity contribution >= 4 is 11.8 Å². The van der Waals surface area contributed by atoms with E-state index in [2.05, 4.69) is 19.8 Å². The molecular formula is C19H28N4O3. The number of piperidine rings is 1. The quantitative estimate of drug-likeness (QED) is 0.825. The lowest BCUT2D eigenvalue weighted by Crippen LogP contribution is -2.54. The third-order valence-corrected chi connectivity index (χ3v) is 6.56. The summed E-state index contributed by atoms with van der Waals surface area (Å²) < 4.78 is 4.69. The maximum absolute atomic E-state index is 13.3. The molecule has 0 radical (unpaired) electrons. The molecule has 3 heterocycles. The minimum Gasteiger partial charge on any atom is -0.341 e. The zero-order valence-electron chi connectivity index (χ0n) is 15.6. The van der Waals surface area contributed by atoms with E-state index in [-0.39, 0.29) is 17.7 Å². The topological polar surface area (TPSA) is 79.5 Å². The van der Waals surface area contributed by atoms with E-state index in [0.29, 0.717) is 36.4 Å². The minimum atomic E-state index is -0.359. The van der Waals surface area contributed by atoms with Crippen molar-refractivity contribution < 1.29 is 14.2 Å². The average Bonchev–Trinajstić information content (AvgIpc) is 3.26. The molecule has 142 valence electrons. The number of carbonyl (C=O) groups excluding carboxylic acids is 2. The molecular weight excluding hydrogens is 332 g/mol. The predicted octanol–water partition coefficient (Wildman–Crippen LogP) is 2.09. The molecule has 2 saturated heterocycles. The summed E-state index contributed by atoms with van der Waals surface area (Å²) in [6.45, 7) is 3.89. The molecule has 1 saturated carbocycles. The van der Waals surface area contributed by atoms with Crippen molar-refractivity contribution in [1.82, 2.24) is 20.1 Å². The molecule has 0 unspecified atom stereocenters. The molecule has 1 aromatic rings. The second-order valence-electron chi connectivity index (χ2n) is 8.21. The third kappa shape index (κ3) is 3.12. The van der Waals surface area contributed by atoms with Gasteiger partial charge in [-0.2, -0.15) is 0 Å². The minimum absolute atomic E-state index is 0.0169. The van der Waals surface area contributed by atoms with Crippen LogP contribution in [0.1, 0.15) is 62.8 Å². The fourth-order valence-electron chi connectivity index (χ4n) is 4.97. The number of nitrogens with zero attached hydrogens (tertiary/aromatic N) is 4. The summed E-state index contributed by atoms with van der Waals surface area (Å²) in [6.07, 6.45) is 8.99. The van der Waals surface area contributed by atoms with Gasteiger partial charge in [0.25, 0.3) is 0 Å². The van der Waals surface area contributed by atoms with Gasteiger partial charge in [0.2, 0.25) is 11.8 Å². The van der Waals surface area contributed by atoms with E-state index < -0.39 is 0 Å². The Labute approximate surface area is 154 Å². The summed E-state index contributed by atoms with van der Waals surface area (Å²) in [4.78, 5) is 30.0. The molecule has 1 atom stereocenters. The molecule has 1 spiro atoms. The molecule has 4 rings (SSSR count). The van der Waals surface area contributed by atoms with Gasteiger partial charge in [0.05, 0.1) is 11.8 Å². The number of likely N-dealkylation sites (tertiary alicyclic amines) is 2. The van der Waals surface area contributed by atoms with Crippen LogP contribution in [-0.2, 0) is 16.0 Å². The van der Waals surface area contributed by atoms with E-state index in [0.717, 1.165) is 38.6 Å². The van der Waals surface area contributed by atoms with E-state index in [1.165, 1.54) is 19.3 Å². The number of amides is 2. The summed E-state index contributed by atoms with van der Waals surface area (Å²) in [5.74, 6) is 0.313. The Morgan fingerprint density at radius 2 is 1.96 bits per heavy atom. The van der Waals surface area contributed by atoms with E-state index in [9.17, 15) is 9.59 Å². The third-order valence-electron chi connectivity index (χ3n) is 6.56. The molecule has 3 aliphatic rings. The van der Waals surface area contributed by atoms with E-state index in [1.54, 1.807) is 6.92 Å². The van der Waals surface area contributed by atoms with Crippen LogP contribution in [0.5, 0.6) is 0 Å². The Morgan fingerprint density at radius 3 is 2.69 bits per heavy atom. The van der Waals surface area contributed by atoms with Crippen molar-refractivity contribution in [3.05, 3.63) is 11.4 Å². The molecule has 7 heteroatoms. The largest absolute Gasteiger partial charge is 0.341 e. The predicted molar refractivity (Wildman–Crippen MR) is 94.2 cm³/mol. The van der Waals surface area contributed by atoms with E-state index in [4.69, 9.17) is 0 Å². The van der Waals surface area contributed by atoms with E-state index in [1.807, 2.05) is 4.90 Å². The Balaban J connectivity index is 1.43. The van der Waals surface area contributed by atoms with Crippen molar-refractivity contribution in [2.45, 2.75) is 70.8 Å². The van der Waals surface area contributed by atoms with Crippen LogP contribution in [0.4, 0.5) is 0 Å². The summed E-state index contributed by atoms with van der Waals surface area (Å²) in [6, 6.07) is 0.419. The van der Waals surface area contributed by atoms with Gasteiger partial charge in [0, 0.05) is 25.7 Å². The molecule has 2 amide bonds. The second kappa shape index (κ2) is 7.00. The van der Waals surface area contributed by atoms with Gasteiger partial charge in [-0.3, -0.25) is 9.59 Å². The zero-order chi connectivity index (χ0) is 18.1. The Bertz CT molecular complexity index is 682. The molecule has 0 N–H and O–H groups in total. The van der Waals surface area contributed by atoms with Gasteiger partial charge in [0.15, 0.2) is 0 Å². The molecule has 2 aliphatic heterocycles. The maximum atomic E-state index is 13.3. The second-order valence-corrected chi connectivity index (χ2v) is 8.21. The lowest BCUT2D eigenvalue weighted by molar-refractivity contribution is -0.149. The van der Waals surface area contributed by atoms with Crippen molar-refractivity contribution in [2.24, 2.45) is 5.41 Å². The van der Waals surface area contributed by atoms with Gasteiger partial charge in [-0.15, -0.1) is 0 Å². The van der Waals surface area contributed by atoms with Gasteiger partial charge in [0.1, 0.15) is 11.4 Å². The number of aryl methyl sites for hydroxylation is 1. The van der Waals surface area contributed by atoms with Crippen LogP contribution in [0.2, 0.25) is 0 Å². The molecule has 0 aromatic carbocycles. The van der Waals surface area contributed by atoms with Crippen LogP contribution in [0.15, 0.2) is 4.63 Å². The lowest BCUT2D eigenvalue weighted by atomic mass is 9.77. The van der Waals surface area contributed by atoms with Crippen LogP contribution >= 0.6 is 0 Å². The number of hydrogen-bond acceptors (Lipinski definition) is 5. The number of carbonyl (C=O) groups is 2. The smallest absolute Gasteiger partial charge is 0.230 e. The number of hydrogen-bond donors (Lipinski definition) is 0. The summed E-state index contributed by atoms with van der Waals surface area (Å²) in [5.41, 5.74) is 0.891. The maximum Gasteiger partial charge on any atom is 0.230 e. The zero-order valence-corrected chi connectivity index (χ0v) is 15.6.